The number of allylic oxidation sites excluding steroid dienone is 2. The molecular formula is C23H19Cl3N2O2. The standard InChI is InChI=1S/C23H19Cl3N2O2/c1-2-6-19-21-15(14-7-3-4-8-16(14)24)11-13(29)12-20(21)28(23(30)27-19)22-17(25)9-5-10-18(22)26/h3-5,7-11,19H,2,6,12H2,1H3,(H,27,30). The molecule has 1 unspecified atom stereocenters. The maximum absolute atomic E-state index is 13.2. The van der Waals surface area contributed by atoms with Gasteiger partial charge in [0.25, 0.3) is 0 Å². The number of rotatable bonds is 4. The smallest absolute Gasteiger partial charge is 0.326 e. The first-order valence-electron chi connectivity index (χ1n) is 9.69. The van der Waals surface area contributed by atoms with Gasteiger partial charge in [-0.2, -0.15) is 0 Å². The Labute approximate surface area is 190 Å². The minimum atomic E-state index is -0.351. The molecule has 2 aromatic rings. The second kappa shape index (κ2) is 8.46. The fourth-order valence-corrected chi connectivity index (χ4v) is 4.85. The minimum Gasteiger partial charge on any atom is -0.330 e. The molecule has 0 bridgehead atoms. The normalized spacial score (nSPS) is 18.9. The number of anilines is 1. The second-order valence-electron chi connectivity index (χ2n) is 7.24. The van der Waals surface area contributed by atoms with Crippen molar-refractivity contribution in [2.75, 3.05) is 4.90 Å². The van der Waals surface area contributed by atoms with Crippen LogP contribution in [0, 0.1) is 0 Å². The van der Waals surface area contributed by atoms with Gasteiger partial charge in [0.15, 0.2) is 5.78 Å². The van der Waals surface area contributed by atoms with Gasteiger partial charge in [0, 0.05) is 21.9 Å². The third-order valence-electron chi connectivity index (χ3n) is 5.27. The average Bonchev–Trinajstić information content (AvgIpc) is 2.69. The summed E-state index contributed by atoms with van der Waals surface area (Å²) in [5, 5.41) is 4.28. The highest BCUT2D eigenvalue weighted by Gasteiger charge is 2.39. The van der Waals surface area contributed by atoms with Crippen LogP contribution < -0.4 is 10.2 Å². The molecule has 7 heteroatoms. The molecule has 30 heavy (non-hydrogen) atoms. The molecule has 1 aliphatic carbocycles. The van der Waals surface area contributed by atoms with E-state index in [0.29, 0.717) is 26.5 Å². The number of amides is 2. The molecule has 1 N–H and O–H groups in total. The van der Waals surface area contributed by atoms with E-state index in [1.165, 1.54) is 4.90 Å². The quantitative estimate of drug-likeness (QED) is 0.554. The van der Waals surface area contributed by atoms with E-state index in [1.807, 2.05) is 18.2 Å². The number of ketones is 1. The predicted octanol–water partition coefficient (Wildman–Crippen LogP) is 6.66. The van der Waals surface area contributed by atoms with E-state index < -0.39 is 0 Å². The van der Waals surface area contributed by atoms with Gasteiger partial charge in [-0.05, 0) is 36.3 Å². The Morgan fingerprint density at radius 2 is 1.67 bits per heavy atom. The van der Waals surface area contributed by atoms with Gasteiger partial charge in [0.05, 0.1) is 28.2 Å². The lowest BCUT2D eigenvalue weighted by Gasteiger charge is -2.40. The zero-order chi connectivity index (χ0) is 21.4. The van der Waals surface area contributed by atoms with Gasteiger partial charge >= 0.3 is 6.03 Å². The van der Waals surface area contributed by atoms with Crippen molar-refractivity contribution in [2.45, 2.75) is 32.2 Å². The number of carbonyl (C=O) groups is 2. The lowest BCUT2D eigenvalue weighted by Crippen LogP contribution is -2.52. The molecule has 154 valence electrons. The largest absolute Gasteiger partial charge is 0.330 e. The molecule has 2 aromatic carbocycles. The monoisotopic (exact) mass is 460 g/mol. The van der Waals surface area contributed by atoms with Gasteiger partial charge in [-0.3, -0.25) is 9.69 Å². The molecule has 2 amide bonds. The maximum Gasteiger partial charge on any atom is 0.326 e. The van der Waals surface area contributed by atoms with E-state index in [1.54, 1.807) is 30.3 Å². The molecule has 0 aromatic heterocycles. The van der Waals surface area contributed by atoms with Crippen LogP contribution in [-0.2, 0) is 4.79 Å². The molecule has 0 fully saturated rings. The number of halogens is 3. The number of para-hydroxylation sites is 1. The first kappa shape index (κ1) is 21.0. The summed E-state index contributed by atoms with van der Waals surface area (Å²) in [6.45, 7) is 2.05. The molecule has 0 saturated carbocycles. The van der Waals surface area contributed by atoms with Gasteiger partial charge in [-0.1, -0.05) is 72.4 Å². The van der Waals surface area contributed by atoms with Crippen molar-refractivity contribution < 1.29 is 9.59 Å². The van der Waals surface area contributed by atoms with Gasteiger partial charge in [-0.25, -0.2) is 4.79 Å². The van der Waals surface area contributed by atoms with Crippen LogP contribution in [0.1, 0.15) is 31.7 Å². The van der Waals surface area contributed by atoms with Crippen molar-refractivity contribution in [1.82, 2.24) is 5.32 Å². The summed E-state index contributed by atoms with van der Waals surface area (Å²) in [5.41, 5.74) is 3.31. The second-order valence-corrected chi connectivity index (χ2v) is 8.46. The number of benzene rings is 2. The molecule has 4 rings (SSSR count). The van der Waals surface area contributed by atoms with E-state index in [-0.39, 0.29) is 24.3 Å². The highest BCUT2D eigenvalue weighted by Crippen LogP contribution is 2.45. The molecule has 1 aliphatic heterocycles. The first-order chi connectivity index (χ1) is 14.4. The Balaban J connectivity index is 1.98. The third-order valence-corrected chi connectivity index (χ3v) is 6.21. The van der Waals surface area contributed by atoms with Crippen LogP contribution in [0.5, 0.6) is 0 Å². The van der Waals surface area contributed by atoms with E-state index in [9.17, 15) is 9.59 Å². The molecular weight excluding hydrogens is 443 g/mol. The number of nitrogens with zero attached hydrogens (tertiary/aromatic N) is 1. The van der Waals surface area contributed by atoms with Crippen LogP contribution in [0.25, 0.3) is 5.57 Å². The highest BCUT2D eigenvalue weighted by molar-refractivity contribution is 6.40. The van der Waals surface area contributed by atoms with Crippen molar-refractivity contribution in [2.24, 2.45) is 0 Å². The lowest BCUT2D eigenvalue weighted by atomic mass is 9.82. The molecule has 1 heterocycles. The fourth-order valence-electron chi connectivity index (χ4n) is 4.05. The Bertz CT molecular complexity index is 1090. The topological polar surface area (TPSA) is 49.4 Å². The van der Waals surface area contributed by atoms with E-state index in [4.69, 9.17) is 34.8 Å². The van der Waals surface area contributed by atoms with Gasteiger partial charge in [0.2, 0.25) is 0 Å². The maximum atomic E-state index is 13.2. The van der Waals surface area contributed by atoms with Crippen molar-refractivity contribution in [3.8, 4) is 0 Å². The Morgan fingerprint density at radius 3 is 2.33 bits per heavy atom. The molecule has 4 nitrogen and oxygen atoms in total. The Hall–Kier alpha value is -2.27. The number of hydrogen-bond acceptors (Lipinski definition) is 2. The van der Waals surface area contributed by atoms with Crippen molar-refractivity contribution in [3.05, 3.63) is 80.4 Å². The summed E-state index contributed by atoms with van der Waals surface area (Å²) in [6, 6.07) is 11.8. The zero-order valence-electron chi connectivity index (χ0n) is 16.2. The van der Waals surface area contributed by atoms with Crippen molar-refractivity contribution in [3.63, 3.8) is 0 Å². The fraction of sp³-hybridized carbons (Fsp3) is 0.217. The van der Waals surface area contributed by atoms with E-state index in [2.05, 4.69) is 12.2 Å². The minimum absolute atomic E-state index is 0.0818. The van der Waals surface area contributed by atoms with Gasteiger partial charge < -0.3 is 5.32 Å². The number of carbonyl (C=O) groups excluding carboxylic acids is 2. The lowest BCUT2D eigenvalue weighted by molar-refractivity contribution is -0.114. The van der Waals surface area contributed by atoms with Gasteiger partial charge in [-0.15, -0.1) is 0 Å². The zero-order valence-corrected chi connectivity index (χ0v) is 18.5. The van der Waals surface area contributed by atoms with Crippen molar-refractivity contribution >= 4 is 57.9 Å². The van der Waals surface area contributed by atoms with Crippen LogP contribution >= 0.6 is 34.8 Å². The first-order valence-corrected chi connectivity index (χ1v) is 10.8. The highest BCUT2D eigenvalue weighted by atomic mass is 35.5. The average molecular weight is 462 g/mol. The van der Waals surface area contributed by atoms with Crippen LogP contribution in [-0.4, -0.2) is 17.9 Å². The molecule has 2 aliphatic rings. The number of urea groups is 1. The van der Waals surface area contributed by atoms with Crippen LogP contribution in [0.3, 0.4) is 0 Å². The summed E-state index contributed by atoms with van der Waals surface area (Å²) < 4.78 is 0. The van der Waals surface area contributed by atoms with E-state index in [0.717, 1.165) is 29.6 Å². The summed E-state index contributed by atoms with van der Waals surface area (Å²) in [4.78, 5) is 27.4. The van der Waals surface area contributed by atoms with E-state index >= 15 is 0 Å². The SMILES string of the molecule is CCCC1NC(=O)N(c2c(Cl)cccc2Cl)C2=C1C(c1ccccc1Cl)=CC(=O)C2. The molecule has 0 saturated heterocycles. The predicted molar refractivity (Wildman–Crippen MR) is 122 cm³/mol. The number of nitrogens with one attached hydrogen (secondary N) is 1. The van der Waals surface area contributed by atoms with Crippen LogP contribution in [0.15, 0.2) is 59.8 Å². The summed E-state index contributed by atoms with van der Waals surface area (Å²) in [7, 11) is 0. The summed E-state index contributed by atoms with van der Waals surface area (Å²) in [5.74, 6) is -0.109. The summed E-state index contributed by atoms with van der Waals surface area (Å²) >= 11 is 19.3. The Kier molecular flexibility index (Phi) is 5.92. The van der Waals surface area contributed by atoms with Crippen LogP contribution in [0.2, 0.25) is 15.1 Å². The number of hydrogen-bond donors (Lipinski definition) is 1. The molecule has 0 radical (unpaired) electrons. The van der Waals surface area contributed by atoms with Gasteiger partial charge in [0.1, 0.15) is 0 Å². The van der Waals surface area contributed by atoms with Crippen LogP contribution in [0.4, 0.5) is 10.5 Å². The van der Waals surface area contributed by atoms with Crippen molar-refractivity contribution in [1.29, 1.82) is 0 Å². The Morgan fingerprint density at radius 1 is 1.00 bits per heavy atom. The third kappa shape index (κ3) is 3.64. The summed E-state index contributed by atoms with van der Waals surface area (Å²) in [6.07, 6.45) is 3.29. The molecule has 0 spiro atoms. The molecule has 1 atom stereocenters.